The lowest BCUT2D eigenvalue weighted by molar-refractivity contribution is 0.177. The van der Waals surface area contributed by atoms with Crippen molar-refractivity contribution in [3.05, 3.63) is 17.0 Å². The van der Waals surface area contributed by atoms with Crippen LogP contribution in [0.3, 0.4) is 0 Å². The Hall–Kier alpha value is -0.830. The van der Waals surface area contributed by atoms with Crippen molar-refractivity contribution in [3.63, 3.8) is 0 Å². The Morgan fingerprint density at radius 2 is 2.21 bits per heavy atom. The van der Waals surface area contributed by atoms with Crippen molar-refractivity contribution in [2.45, 2.75) is 52.4 Å². The zero-order chi connectivity index (χ0) is 13.7. The van der Waals surface area contributed by atoms with Crippen LogP contribution in [0.15, 0.2) is 6.07 Å². The van der Waals surface area contributed by atoms with Gasteiger partial charge in [-0.15, -0.1) is 0 Å². The summed E-state index contributed by atoms with van der Waals surface area (Å²) in [4.78, 5) is 8.61. The van der Waals surface area contributed by atoms with E-state index in [0.717, 1.165) is 31.2 Å². The van der Waals surface area contributed by atoms with E-state index in [1.165, 1.54) is 25.7 Å². The minimum Gasteiger partial charge on any atom is -0.477 e. The van der Waals surface area contributed by atoms with Crippen LogP contribution in [-0.2, 0) is 6.42 Å². The Morgan fingerprint density at radius 1 is 1.37 bits per heavy atom. The summed E-state index contributed by atoms with van der Waals surface area (Å²) in [6, 6.07) is 1.72. The molecule has 19 heavy (non-hydrogen) atoms. The van der Waals surface area contributed by atoms with Gasteiger partial charge in [-0.1, -0.05) is 38.3 Å². The van der Waals surface area contributed by atoms with Gasteiger partial charge in [-0.3, -0.25) is 0 Å². The molecule has 1 heterocycles. The normalized spacial score (nSPS) is 23.3. The quantitative estimate of drug-likeness (QED) is 0.756. The molecule has 0 bridgehead atoms. The fourth-order valence-corrected chi connectivity index (χ4v) is 2.96. The molecular weight excluding hydrogens is 260 g/mol. The van der Waals surface area contributed by atoms with Crippen molar-refractivity contribution in [1.82, 2.24) is 9.97 Å². The van der Waals surface area contributed by atoms with E-state index < -0.39 is 0 Å². The number of nitrogens with zero attached hydrogens (tertiary/aromatic N) is 2. The van der Waals surface area contributed by atoms with E-state index in [1.807, 2.05) is 0 Å². The molecule has 0 aromatic carbocycles. The number of rotatable bonds is 5. The van der Waals surface area contributed by atoms with Gasteiger partial charge in [0, 0.05) is 12.5 Å². The van der Waals surface area contributed by atoms with Crippen molar-refractivity contribution < 1.29 is 4.74 Å². The topological polar surface area (TPSA) is 35.0 Å². The first-order valence-corrected chi connectivity index (χ1v) is 7.71. The zero-order valence-corrected chi connectivity index (χ0v) is 12.6. The average Bonchev–Trinajstić information content (AvgIpc) is 2.36. The van der Waals surface area contributed by atoms with E-state index in [2.05, 4.69) is 23.8 Å². The van der Waals surface area contributed by atoms with Crippen molar-refractivity contribution in [3.8, 4) is 5.88 Å². The summed E-state index contributed by atoms with van der Waals surface area (Å²) in [6.07, 6.45) is 7.07. The highest BCUT2D eigenvalue weighted by molar-refractivity contribution is 6.29. The Morgan fingerprint density at radius 3 is 2.95 bits per heavy atom. The van der Waals surface area contributed by atoms with E-state index in [0.29, 0.717) is 17.0 Å². The second-order valence-electron chi connectivity index (χ2n) is 5.64. The van der Waals surface area contributed by atoms with Gasteiger partial charge in [-0.25, -0.2) is 4.98 Å². The molecule has 2 unspecified atom stereocenters. The Labute approximate surface area is 120 Å². The largest absolute Gasteiger partial charge is 0.477 e. The van der Waals surface area contributed by atoms with E-state index >= 15 is 0 Å². The third kappa shape index (κ3) is 4.64. The van der Waals surface area contributed by atoms with E-state index in [9.17, 15) is 0 Å². The molecule has 0 saturated heterocycles. The highest BCUT2D eigenvalue weighted by Gasteiger charge is 2.19. The zero-order valence-electron chi connectivity index (χ0n) is 11.9. The number of hydrogen-bond donors (Lipinski definition) is 0. The van der Waals surface area contributed by atoms with Gasteiger partial charge in [0.05, 0.1) is 6.61 Å². The van der Waals surface area contributed by atoms with Gasteiger partial charge in [-0.2, -0.15) is 4.98 Å². The summed E-state index contributed by atoms with van der Waals surface area (Å²) in [6.45, 7) is 5.19. The summed E-state index contributed by atoms with van der Waals surface area (Å²) in [5.41, 5.74) is 0. The predicted octanol–water partition coefficient (Wildman–Crippen LogP) is 4.29. The van der Waals surface area contributed by atoms with Crippen LogP contribution in [-0.4, -0.2) is 16.6 Å². The smallest absolute Gasteiger partial charge is 0.218 e. The first kappa shape index (κ1) is 14.6. The van der Waals surface area contributed by atoms with Crippen LogP contribution in [0.5, 0.6) is 5.88 Å². The number of hydrogen-bond acceptors (Lipinski definition) is 3. The molecule has 1 aromatic heterocycles. The fourth-order valence-electron chi connectivity index (χ4n) is 2.77. The lowest BCUT2D eigenvalue weighted by Gasteiger charge is -2.26. The van der Waals surface area contributed by atoms with Gasteiger partial charge in [0.1, 0.15) is 11.0 Å². The summed E-state index contributed by atoms with van der Waals surface area (Å²) < 4.78 is 5.83. The first-order valence-electron chi connectivity index (χ1n) is 7.33. The van der Waals surface area contributed by atoms with Crippen LogP contribution >= 0.6 is 11.6 Å². The summed E-state index contributed by atoms with van der Waals surface area (Å²) in [5.74, 6) is 2.89. The second-order valence-corrected chi connectivity index (χ2v) is 6.03. The van der Waals surface area contributed by atoms with E-state index in [-0.39, 0.29) is 0 Å². The van der Waals surface area contributed by atoms with Crippen molar-refractivity contribution >= 4 is 11.6 Å². The molecule has 0 spiro atoms. The molecule has 1 saturated carbocycles. The Bertz CT molecular complexity index is 411. The van der Waals surface area contributed by atoms with Crippen LogP contribution in [0.1, 0.15) is 51.8 Å². The van der Waals surface area contributed by atoms with Crippen LogP contribution in [0.25, 0.3) is 0 Å². The minimum atomic E-state index is 0.477. The average molecular weight is 283 g/mol. The van der Waals surface area contributed by atoms with E-state index in [1.54, 1.807) is 6.07 Å². The maximum absolute atomic E-state index is 6.00. The van der Waals surface area contributed by atoms with Crippen molar-refractivity contribution in [2.24, 2.45) is 11.8 Å². The van der Waals surface area contributed by atoms with Gasteiger partial charge in [0.2, 0.25) is 5.88 Å². The van der Waals surface area contributed by atoms with Gasteiger partial charge in [0.25, 0.3) is 0 Å². The molecule has 3 nitrogen and oxygen atoms in total. The molecule has 2 atom stereocenters. The third-order valence-electron chi connectivity index (χ3n) is 3.70. The summed E-state index contributed by atoms with van der Waals surface area (Å²) in [7, 11) is 0. The van der Waals surface area contributed by atoms with Crippen molar-refractivity contribution in [2.75, 3.05) is 6.61 Å². The Balaban J connectivity index is 1.91. The van der Waals surface area contributed by atoms with Crippen LogP contribution < -0.4 is 4.74 Å². The van der Waals surface area contributed by atoms with Crippen molar-refractivity contribution in [1.29, 1.82) is 0 Å². The Kier molecular flexibility index (Phi) is 5.44. The van der Waals surface area contributed by atoms with E-state index in [4.69, 9.17) is 16.3 Å². The molecule has 2 rings (SSSR count). The lowest BCUT2D eigenvalue weighted by Crippen LogP contribution is -2.20. The molecule has 1 fully saturated rings. The molecule has 106 valence electrons. The molecule has 1 aromatic rings. The second kappa shape index (κ2) is 7.09. The van der Waals surface area contributed by atoms with Gasteiger partial charge < -0.3 is 4.74 Å². The molecule has 0 amide bonds. The molecule has 0 N–H and O–H groups in total. The number of aromatic nitrogens is 2. The molecule has 0 aliphatic heterocycles. The molecule has 1 aliphatic rings. The number of halogens is 1. The van der Waals surface area contributed by atoms with Crippen LogP contribution in [0, 0.1) is 11.8 Å². The monoisotopic (exact) mass is 282 g/mol. The highest BCUT2D eigenvalue weighted by Crippen LogP contribution is 2.29. The lowest BCUT2D eigenvalue weighted by atomic mass is 9.83. The summed E-state index contributed by atoms with van der Waals surface area (Å²) in [5, 5.41) is 0.477. The number of ether oxygens (including phenoxy) is 1. The van der Waals surface area contributed by atoms with Gasteiger partial charge in [0.15, 0.2) is 0 Å². The molecule has 4 heteroatoms. The molecular formula is C15H23ClN2O. The predicted molar refractivity (Wildman–Crippen MR) is 77.7 cm³/mol. The maximum atomic E-state index is 6.00. The van der Waals surface area contributed by atoms with Crippen LogP contribution in [0.4, 0.5) is 0 Å². The third-order valence-corrected chi connectivity index (χ3v) is 3.90. The molecule has 0 radical (unpaired) electrons. The summed E-state index contributed by atoms with van der Waals surface area (Å²) >= 11 is 6.00. The fraction of sp³-hybridized carbons (Fsp3) is 0.733. The SMILES string of the molecule is CCCc1nc(Cl)cc(OCC2CCCC(C)C2)n1. The highest BCUT2D eigenvalue weighted by atomic mass is 35.5. The first-order chi connectivity index (χ1) is 9.17. The van der Waals surface area contributed by atoms with Gasteiger partial charge in [-0.05, 0) is 31.1 Å². The maximum Gasteiger partial charge on any atom is 0.218 e. The minimum absolute atomic E-state index is 0.477. The van der Waals surface area contributed by atoms with Gasteiger partial charge >= 0.3 is 0 Å². The van der Waals surface area contributed by atoms with Crippen LogP contribution in [0.2, 0.25) is 5.15 Å². The number of aryl methyl sites for hydroxylation is 1. The standard InChI is InChI=1S/C15H23ClN2O/c1-3-5-14-17-13(16)9-15(18-14)19-10-12-7-4-6-11(2)8-12/h9,11-12H,3-8,10H2,1-2H3. The molecule has 1 aliphatic carbocycles.